The highest BCUT2D eigenvalue weighted by atomic mass is 19.1. The van der Waals surface area contributed by atoms with Crippen LogP contribution in [-0.2, 0) is 9.59 Å². The van der Waals surface area contributed by atoms with Crippen LogP contribution in [0.25, 0.3) is 0 Å². The summed E-state index contributed by atoms with van der Waals surface area (Å²) in [6, 6.07) is 8.02. The fourth-order valence-corrected chi connectivity index (χ4v) is 3.13. The Morgan fingerprint density at radius 1 is 0.871 bits per heavy atom. The maximum atomic E-state index is 13.6. The van der Waals surface area contributed by atoms with Gasteiger partial charge in [0.2, 0.25) is 11.8 Å². The topological polar surface area (TPSA) is 81.8 Å². The summed E-state index contributed by atoms with van der Waals surface area (Å²) in [6.07, 6.45) is 0. The van der Waals surface area contributed by atoms with Gasteiger partial charge >= 0.3 is 0 Å². The smallest absolute Gasteiger partial charge is 0.254 e. The Hall–Kier alpha value is -3.40. The minimum absolute atomic E-state index is 0.125. The Morgan fingerprint density at radius 3 is 2.16 bits per heavy atom. The van der Waals surface area contributed by atoms with Gasteiger partial charge in [-0.05, 0) is 36.4 Å². The Morgan fingerprint density at radius 2 is 1.52 bits per heavy atom. The van der Waals surface area contributed by atoms with Crippen molar-refractivity contribution in [3.05, 3.63) is 65.5 Å². The van der Waals surface area contributed by atoms with Crippen molar-refractivity contribution in [3.8, 4) is 0 Å². The molecule has 0 atom stereocenters. The number of nitrogens with one attached hydrogen (secondary N) is 2. The summed E-state index contributed by atoms with van der Waals surface area (Å²) in [5, 5.41) is 5.01. The van der Waals surface area contributed by atoms with Gasteiger partial charge in [-0.2, -0.15) is 0 Å². The number of nitrogens with zero attached hydrogens (tertiary/aromatic N) is 2. The lowest BCUT2D eigenvalue weighted by molar-refractivity contribution is -0.132. The molecule has 1 aliphatic rings. The van der Waals surface area contributed by atoms with E-state index in [-0.39, 0.29) is 30.5 Å². The van der Waals surface area contributed by atoms with Crippen LogP contribution in [0.4, 0.5) is 18.9 Å². The van der Waals surface area contributed by atoms with E-state index < -0.39 is 23.4 Å². The third kappa shape index (κ3) is 6.29. The summed E-state index contributed by atoms with van der Waals surface area (Å²) in [4.78, 5) is 39.8. The molecule has 1 fully saturated rings. The number of hydrogen-bond acceptors (Lipinski definition) is 4. The summed E-state index contributed by atoms with van der Waals surface area (Å²) in [5.74, 6) is -3.59. The Labute approximate surface area is 176 Å². The molecule has 2 N–H and O–H groups in total. The molecule has 0 aromatic heterocycles. The van der Waals surface area contributed by atoms with E-state index in [0.717, 1.165) is 12.1 Å². The van der Waals surface area contributed by atoms with Gasteiger partial charge in [0.1, 0.15) is 17.5 Å². The zero-order chi connectivity index (χ0) is 22.4. The zero-order valence-electron chi connectivity index (χ0n) is 16.5. The number of piperazine rings is 1. The molecular weight excluding hydrogens is 413 g/mol. The average Bonchev–Trinajstić information content (AvgIpc) is 2.74. The van der Waals surface area contributed by atoms with Crippen LogP contribution in [0.5, 0.6) is 0 Å². The predicted octanol–water partition coefficient (Wildman–Crippen LogP) is 1.62. The molecule has 3 amide bonds. The molecule has 7 nitrogen and oxygen atoms in total. The number of anilines is 1. The molecule has 0 saturated carbocycles. The maximum Gasteiger partial charge on any atom is 0.254 e. The normalized spacial score (nSPS) is 14.2. The third-order valence-corrected chi connectivity index (χ3v) is 4.80. The molecule has 10 heteroatoms. The van der Waals surface area contributed by atoms with Gasteiger partial charge in [0.25, 0.3) is 5.91 Å². The highest BCUT2D eigenvalue weighted by Gasteiger charge is 2.23. The van der Waals surface area contributed by atoms with Crippen LogP contribution < -0.4 is 10.6 Å². The van der Waals surface area contributed by atoms with Gasteiger partial charge in [0, 0.05) is 37.9 Å². The standard InChI is InChI=1S/C21H21F3N4O3/c22-14-1-4-16(5-2-14)26-19(29)13-27-7-9-28(10-8-27)20(30)12-25-21(31)17-6-3-15(23)11-18(17)24/h1-6,11H,7-10,12-13H2,(H,25,31)(H,26,29). The summed E-state index contributed by atoms with van der Waals surface area (Å²) in [5.41, 5.74) is 0.153. The van der Waals surface area contributed by atoms with Gasteiger partial charge in [-0.25, -0.2) is 13.2 Å². The maximum absolute atomic E-state index is 13.6. The van der Waals surface area contributed by atoms with Crippen molar-refractivity contribution in [2.75, 3.05) is 44.6 Å². The van der Waals surface area contributed by atoms with Crippen molar-refractivity contribution >= 4 is 23.4 Å². The second kappa shape index (κ2) is 10.1. The Balaban J connectivity index is 1.40. The van der Waals surface area contributed by atoms with E-state index in [4.69, 9.17) is 0 Å². The van der Waals surface area contributed by atoms with E-state index in [1.165, 1.54) is 29.2 Å². The van der Waals surface area contributed by atoms with E-state index in [1.807, 2.05) is 4.90 Å². The van der Waals surface area contributed by atoms with Crippen molar-refractivity contribution in [3.63, 3.8) is 0 Å². The minimum atomic E-state index is -1.00. The first-order chi connectivity index (χ1) is 14.8. The molecule has 2 aromatic carbocycles. The van der Waals surface area contributed by atoms with Crippen LogP contribution in [0.1, 0.15) is 10.4 Å². The van der Waals surface area contributed by atoms with Gasteiger partial charge in [-0.15, -0.1) is 0 Å². The lowest BCUT2D eigenvalue weighted by Gasteiger charge is -2.34. The molecule has 0 aliphatic carbocycles. The molecule has 0 radical (unpaired) electrons. The number of halogens is 3. The largest absolute Gasteiger partial charge is 0.343 e. The van der Waals surface area contributed by atoms with E-state index in [9.17, 15) is 27.6 Å². The van der Waals surface area contributed by atoms with Crippen molar-refractivity contribution in [2.45, 2.75) is 0 Å². The first kappa shape index (κ1) is 22.3. The Bertz CT molecular complexity index is 961. The second-order valence-electron chi connectivity index (χ2n) is 7.02. The molecule has 0 bridgehead atoms. The van der Waals surface area contributed by atoms with E-state index >= 15 is 0 Å². The highest BCUT2D eigenvalue weighted by molar-refractivity contribution is 5.96. The van der Waals surface area contributed by atoms with Gasteiger partial charge in [0.05, 0.1) is 18.7 Å². The predicted molar refractivity (Wildman–Crippen MR) is 107 cm³/mol. The SMILES string of the molecule is O=C(CN1CCN(C(=O)CNC(=O)c2ccc(F)cc2F)CC1)Nc1ccc(F)cc1. The number of rotatable bonds is 6. The molecule has 1 aliphatic heterocycles. The van der Waals surface area contributed by atoms with E-state index in [2.05, 4.69) is 10.6 Å². The lowest BCUT2D eigenvalue weighted by Crippen LogP contribution is -2.52. The molecule has 31 heavy (non-hydrogen) atoms. The van der Waals surface area contributed by atoms with Crippen molar-refractivity contribution in [2.24, 2.45) is 0 Å². The van der Waals surface area contributed by atoms with Gasteiger partial charge in [0.15, 0.2) is 0 Å². The highest BCUT2D eigenvalue weighted by Crippen LogP contribution is 2.10. The fourth-order valence-electron chi connectivity index (χ4n) is 3.13. The van der Waals surface area contributed by atoms with Crippen LogP contribution in [-0.4, -0.2) is 66.8 Å². The summed E-state index contributed by atoms with van der Waals surface area (Å²) < 4.78 is 39.5. The number of benzene rings is 2. The van der Waals surface area contributed by atoms with Crippen LogP contribution in [0.2, 0.25) is 0 Å². The first-order valence-corrected chi connectivity index (χ1v) is 9.60. The number of carbonyl (C=O) groups excluding carboxylic acids is 3. The van der Waals surface area contributed by atoms with Crippen molar-refractivity contribution in [1.29, 1.82) is 0 Å². The molecule has 164 valence electrons. The van der Waals surface area contributed by atoms with Crippen LogP contribution in [0.15, 0.2) is 42.5 Å². The van der Waals surface area contributed by atoms with Crippen molar-refractivity contribution < 1.29 is 27.6 Å². The third-order valence-electron chi connectivity index (χ3n) is 4.80. The van der Waals surface area contributed by atoms with Gasteiger partial charge < -0.3 is 15.5 Å². The fraction of sp³-hybridized carbons (Fsp3) is 0.286. The Kier molecular flexibility index (Phi) is 7.24. The second-order valence-corrected chi connectivity index (χ2v) is 7.02. The quantitative estimate of drug-likeness (QED) is 0.724. The van der Waals surface area contributed by atoms with Crippen molar-refractivity contribution in [1.82, 2.24) is 15.1 Å². The molecule has 2 aromatic rings. The molecule has 0 spiro atoms. The molecule has 3 rings (SSSR count). The summed E-state index contributed by atoms with van der Waals surface area (Å²) >= 11 is 0. The minimum Gasteiger partial charge on any atom is -0.343 e. The summed E-state index contributed by atoms with van der Waals surface area (Å²) in [6.45, 7) is 1.46. The average molecular weight is 434 g/mol. The monoisotopic (exact) mass is 434 g/mol. The number of carbonyl (C=O) groups is 3. The molecular formula is C21H21F3N4O3. The molecule has 1 heterocycles. The van der Waals surface area contributed by atoms with Gasteiger partial charge in [-0.3, -0.25) is 19.3 Å². The van der Waals surface area contributed by atoms with Gasteiger partial charge in [-0.1, -0.05) is 0 Å². The molecule has 1 saturated heterocycles. The lowest BCUT2D eigenvalue weighted by atomic mass is 10.2. The van der Waals surface area contributed by atoms with E-state index in [0.29, 0.717) is 37.9 Å². The number of amides is 3. The zero-order valence-corrected chi connectivity index (χ0v) is 16.5. The molecule has 0 unspecified atom stereocenters. The van der Waals surface area contributed by atoms with Crippen LogP contribution in [0.3, 0.4) is 0 Å². The summed E-state index contributed by atoms with van der Waals surface area (Å²) in [7, 11) is 0. The van der Waals surface area contributed by atoms with Crippen LogP contribution in [0, 0.1) is 17.5 Å². The first-order valence-electron chi connectivity index (χ1n) is 9.60. The van der Waals surface area contributed by atoms with Crippen LogP contribution >= 0.6 is 0 Å². The van der Waals surface area contributed by atoms with E-state index in [1.54, 1.807) is 0 Å². The number of hydrogen-bond donors (Lipinski definition) is 2.